The van der Waals surface area contributed by atoms with Crippen LogP contribution in [0.15, 0.2) is 65.2 Å². The molecule has 3 aromatic rings. The van der Waals surface area contributed by atoms with Crippen LogP contribution < -0.4 is 5.32 Å². The Kier molecular flexibility index (Phi) is 3.37. The van der Waals surface area contributed by atoms with Crippen molar-refractivity contribution in [2.75, 3.05) is 5.32 Å². The van der Waals surface area contributed by atoms with Gasteiger partial charge < -0.3 is 14.9 Å². The molecule has 0 aliphatic rings. The molecule has 0 saturated carbocycles. The zero-order chi connectivity index (χ0) is 13.8. The molecule has 3 rings (SSSR count). The molecule has 0 amide bonds. The van der Waals surface area contributed by atoms with Crippen LogP contribution in [0.3, 0.4) is 0 Å². The van der Waals surface area contributed by atoms with E-state index in [-0.39, 0.29) is 5.75 Å². The van der Waals surface area contributed by atoms with Gasteiger partial charge >= 0.3 is 0 Å². The van der Waals surface area contributed by atoms with Crippen molar-refractivity contribution in [1.29, 1.82) is 0 Å². The lowest BCUT2D eigenvalue weighted by atomic mass is 10.1. The van der Waals surface area contributed by atoms with E-state index in [4.69, 9.17) is 4.52 Å². The number of aromatic nitrogens is 1. The van der Waals surface area contributed by atoms with Crippen LogP contribution in [0.25, 0.3) is 11.3 Å². The number of benzene rings is 2. The molecular formula is C16H14N2O2. The molecule has 1 aromatic heterocycles. The van der Waals surface area contributed by atoms with Crippen LogP contribution in [-0.2, 0) is 6.54 Å². The molecule has 0 saturated heterocycles. The number of hydrogen-bond donors (Lipinski definition) is 2. The third-order valence-corrected chi connectivity index (χ3v) is 3.02. The van der Waals surface area contributed by atoms with Gasteiger partial charge in [0.25, 0.3) is 0 Å². The SMILES string of the molecule is Oc1ccccc1CNc1cc(-c2ccccc2)no1. The van der Waals surface area contributed by atoms with E-state index in [0.717, 1.165) is 16.8 Å². The Morgan fingerprint density at radius 2 is 1.75 bits per heavy atom. The van der Waals surface area contributed by atoms with Crippen molar-refractivity contribution in [2.24, 2.45) is 0 Å². The Morgan fingerprint density at radius 3 is 2.55 bits per heavy atom. The number of anilines is 1. The molecule has 1 heterocycles. The number of nitrogens with zero attached hydrogens (tertiary/aromatic N) is 1. The molecule has 0 atom stereocenters. The lowest BCUT2D eigenvalue weighted by Crippen LogP contribution is -1.98. The monoisotopic (exact) mass is 266 g/mol. The summed E-state index contributed by atoms with van der Waals surface area (Å²) < 4.78 is 5.24. The highest BCUT2D eigenvalue weighted by molar-refractivity contribution is 5.61. The first-order valence-electron chi connectivity index (χ1n) is 6.36. The minimum atomic E-state index is 0.266. The van der Waals surface area contributed by atoms with E-state index in [1.807, 2.05) is 48.5 Å². The van der Waals surface area contributed by atoms with Crippen LogP contribution in [0.1, 0.15) is 5.56 Å². The second-order valence-corrected chi connectivity index (χ2v) is 4.42. The molecule has 0 bridgehead atoms. The van der Waals surface area contributed by atoms with Gasteiger partial charge in [0.15, 0.2) is 0 Å². The Labute approximate surface area is 116 Å². The second kappa shape index (κ2) is 5.48. The minimum absolute atomic E-state index is 0.266. The highest BCUT2D eigenvalue weighted by Crippen LogP contribution is 2.22. The average molecular weight is 266 g/mol. The average Bonchev–Trinajstić information content (AvgIpc) is 2.96. The Balaban J connectivity index is 1.71. The number of phenols is 1. The highest BCUT2D eigenvalue weighted by Gasteiger charge is 2.06. The lowest BCUT2D eigenvalue weighted by molar-refractivity contribution is 0.433. The summed E-state index contributed by atoms with van der Waals surface area (Å²) in [5, 5.41) is 16.8. The van der Waals surface area contributed by atoms with Gasteiger partial charge in [-0.15, -0.1) is 0 Å². The Bertz CT molecular complexity index is 692. The van der Waals surface area contributed by atoms with Crippen molar-refractivity contribution in [3.63, 3.8) is 0 Å². The first kappa shape index (κ1) is 12.3. The van der Waals surface area contributed by atoms with Crippen molar-refractivity contribution in [1.82, 2.24) is 5.16 Å². The van der Waals surface area contributed by atoms with Crippen molar-refractivity contribution in [3.8, 4) is 17.0 Å². The number of nitrogens with one attached hydrogen (secondary N) is 1. The fourth-order valence-electron chi connectivity index (χ4n) is 1.95. The maximum atomic E-state index is 9.69. The van der Waals surface area contributed by atoms with Crippen LogP contribution in [0.4, 0.5) is 5.88 Å². The Hall–Kier alpha value is -2.75. The van der Waals surface area contributed by atoms with Crippen molar-refractivity contribution >= 4 is 5.88 Å². The summed E-state index contributed by atoms with van der Waals surface area (Å²) in [6.45, 7) is 0.482. The molecular weight excluding hydrogens is 252 g/mol. The minimum Gasteiger partial charge on any atom is -0.508 e. The molecule has 2 N–H and O–H groups in total. The number of hydrogen-bond acceptors (Lipinski definition) is 4. The van der Waals surface area contributed by atoms with Crippen molar-refractivity contribution in [3.05, 3.63) is 66.2 Å². The smallest absolute Gasteiger partial charge is 0.225 e. The molecule has 2 aromatic carbocycles. The highest BCUT2D eigenvalue weighted by atomic mass is 16.5. The summed E-state index contributed by atoms with van der Waals surface area (Å²) >= 11 is 0. The largest absolute Gasteiger partial charge is 0.508 e. The first-order chi connectivity index (χ1) is 9.83. The second-order valence-electron chi connectivity index (χ2n) is 4.42. The van der Waals surface area contributed by atoms with Crippen molar-refractivity contribution in [2.45, 2.75) is 6.54 Å². The quantitative estimate of drug-likeness (QED) is 0.756. The molecule has 0 aliphatic heterocycles. The first-order valence-corrected chi connectivity index (χ1v) is 6.36. The number of rotatable bonds is 4. The van der Waals surface area contributed by atoms with Crippen LogP contribution in [0, 0.1) is 0 Å². The van der Waals surface area contributed by atoms with Gasteiger partial charge in [0.2, 0.25) is 5.88 Å². The lowest BCUT2D eigenvalue weighted by Gasteiger charge is -2.04. The summed E-state index contributed by atoms with van der Waals surface area (Å²) in [5.41, 5.74) is 2.60. The van der Waals surface area contributed by atoms with Crippen LogP contribution in [0.5, 0.6) is 5.75 Å². The maximum absolute atomic E-state index is 9.69. The van der Waals surface area contributed by atoms with E-state index < -0.39 is 0 Å². The fourth-order valence-corrected chi connectivity index (χ4v) is 1.95. The van der Waals surface area contributed by atoms with Gasteiger partial charge in [0.05, 0.1) is 0 Å². The van der Waals surface area contributed by atoms with Gasteiger partial charge in [0.1, 0.15) is 11.4 Å². The summed E-state index contributed by atoms with van der Waals surface area (Å²) in [4.78, 5) is 0. The van der Waals surface area contributed by atoms with E-state index in [9.17, 15) is 5.11 Å². The van der Waals surface area contributed by atoms with Crippen LogP contribution >= 0.6 is 0 Å². The predicted molar refractivity (Wildman–Crippen MR) is 77.4 cm³/mol. The zero-order valence-corrected chi connectivity index (χ0v) is 10.8. The summed E-state index contributed by atoms with van der Waals surface area (Å²) in [5.74, 6) is 0.843. The number of phenolic OH excluding ortho intramolecular Hbond substituents is 1. The van der Waals surface area contributed by atoms with E-state index in [1.165, 1.54) is 0 Å². The molecule has 20 heavy (non-hydrogen) atoms. The zero-order valence-electron chi connectivity index (χ0n) is 10.8. The summed E-state index contributed by atoms with van der Waals surface area (Å²) in [6.07, 6.45) is 0. The molecule has 0 spiro atoms. The van der Waals surface area contributed by atoms with Gasteiger partial charge in [0, 0.05) is 23.7 Å². The molecule has 4 heteroatoms. The van der Waals surface area contributed by atoms with E-state index in [0.29, 0.717) is 12.4 Å². The van der Waals surface area contributed by atoms with Gasteiger partial charge in [-0.2, -0.15) is 0 Å². The van der Waals surface area contributed by atoms with Crippen LogP contribution in [0.2, 0.25) is 0 Å². The van der Waals surface area contributed by atoms with Gasteiger partial charge in [-0.05, 0) is 6.07 Å². The van der Waals surface area contributed by atoms with Crippen molar-refractivity contribution < 1.29 is 9.63 Å². The topological polar surface area (TPSA) is 58.3 Å². The van der Waals surface area contributed by atoms with E-state index in [2.05, 4.69) is 10.5 Å². The summed E-state index contributed by atoms with van der Waals surface area (Å²) in [6, 6.07) is 18.9. The molecule has 0 radical (unpaired) electrons. The predicted octanol–water partition coefficient (Wildman–Crippen LogP) is 3.66. The number of para-hydroxylation sites is 1. The summed E-state index contributed by atoms with van der Waals surface area (Å²) in [7, 11) is 0. The van der Waals surface area contributed by atoms with Gasteiger partial charge in [-0.25, -0.2) is 0 Å². The molecule has 0 aliphatic carbocycles. The van der Waals surface area contributed by atoms with Crippen LogP contribution in [-0.4, -0.2) is 10.3 Å². The van der Waals surface area contributed by atoms with Gasteiger partial charge in [-0.1, -0.05) is 53.7 Å². The molecule has 0 fully saturated rings. The van der Waals surface area contributed by atoms with E-state index >= 15 is 0 Å². The van der Waals surface area contributed by atoms with Gasteiger partial charge in [-0.3, -0.25) is 0 Å². The third-order valence-electron chi connectivity index (χ3n) is 3.02. The standard InChI is InChI=1S/C16H14N2O2/c19-15-9-5-4-8-13(15)11-17-16-10-14(18-20-16)12-6-2-1-3-7-12/h1-10,17,19H,11H2. The number of aromatic hydroxyl groups is 1. The molecule has 0 unspecified atom stereocenters. The molecule has 4 nitrogen and oxygen atoms in total. The fraction of sp³-hybridized carbons (Fsp3) is 0.0625. The van der Waals surface area contributed by atoms with E-state index in [1.54, 1.807) is 12.1 Å². The maximum Gasteiger partial charge on any atom is 0.225 e. The molecule has 100 valence electrons. The normalized spacial score (nSPS) is 10.4. The third kappa shape index (κ3) is 2.64. The Morgan fingerprint density at radius 1 is 1.00 bits per heavy atom.